The van der Waals surface area contributed by atoms with Crippen molar-refractivity contribution in [3.8, 4) is 0 Å². The van der Waals surface area contributed by atoms with Crippen LogP contribution in [0.25, 0.3) is 0 Å². The van der Waals surface area contributed by atoms with Gasteiger partial charge in [0, 0.05) is 47.2 Å². The smallest absolute Gasteiger partial charge is 0.170 e. The number of piperidine rings is 1. The van der Waals surface area contributed by atoms with Gasteiger partial charge in [-0.25, -0.2) is 0 Å². The Bertz CT molecular complexity index is 197. The molecule has 4 nitrogen and oxygen atoms in total. The number of ether oxygens (including phenoxy) is 2. The number of likely N-dealkylation sites (tertiary alicyclic amines) is 1. The summed E-state index contributed by atoms with van der Waals surface area (Å²) in [6.45, 7) is 1.75. The average Bonchev–Trinajstić information content (AvgIpc) is 2.28. The Morgan fingerprint density at radius 2 is 1.79 bits per heavy atom. The predicted octanol–water partition coefficient (Wildman–Crippen LogP) is 0.576. The van der Waals surface area contributed by atoms with E-state index in [1.807, 2.05) is 7.05 Å². The second kappa shape index (κ2) is 4.91. The number of hydrogen-bond acceptors (Lipinski definition) is 3. The van der Waals surface area contributed by atoms with Gasteiger partial charge in [0.15, 0.2) is 10.9 Å². The zero-order valence-electron chi connectivity index (χ0n) is 9.00. The standard InChI is InChI=1S/C9H18N2O2S/c1-10-8(14)11-6-4-9(12-2,13-3)5-7-11/h4-7H2,1-3H3,(H,10,14). The molecule has 1 aliphatic heterocycles. The van der Waals surface area contributed by atoms with E-state index < -0.39 is 5.79 Å². The number of thiocarbonyl (C=S) groups is 1. The van der Waals surface area contributed by atoms with Gasteiger partial charge in [0.2, 0.25) is 0 Å². The minimum atomic E-state index is -0.403. The molecule has 0 aliphatic carbocycles. The molecule has 0 radical (unpaired) electrons. The van der Waals surface area contributed by atoms with Crippen molar-refractivity contribution in [3.63, 3.8) is 0 Å². The molecule has 5 heteroatoms. The highest BCUT2D eigenvalue weighted by Gasteiger charge is 2.34. The van der Waals surface area contributed by atoms with Gasteiger partial charge >= 0.3 is 0 Å². The number of hydrogen-bond donors (Lipinski definition) is 1. The summed E-state index contributed by atoms with van der Waals surface area (Å²) in [5.41, 5.74) is 0. The highest BCUT2D eigenvalue weighted by molar-refractivity contribution is 7.80. The van der Waals surface area contributed by atoms with Crippen LogP contribution >= 0.6 is 12.2 Å². The molecule has 14 heavy (non-hydrogen) atoms. The fraction of sp³-hybridized carbons (Fsp3) is 0.889. The van der Waals surface area contributed by atoms with E-state index in [0.717, 1.165) is 31.0 Å². The van der Waals surface area contributed by atoms with Gasteiger partial charge < -0.3 is 19.7 Å². The molecule has 1 fully saturated rings. The molecule has 1 N–H and O–H groups in total. The van der Waals surface area contributed by atoms with Crippen LogP contribution in [0.5, 0.6) is 0 Å². The zero-order valence-corrected chi connectivity index (χ0v) is 9.82. The van der Waals surface area contributed by atoms with Crippen LogP contribution in [-0.4, -0.2) is 50.2 Å². The Morgan fingerprint density at radius 3 is 2.14 bits per heavy atom. The Labute approximate surface area is 90.5 Å². The van der Waals surface area contributed by atoms with Crippen LogP contribution in [0.3, 0.4) is 0 Å². The van der Waals surface area contributed by atoms with Crippen molar-refractivity contribution in [2.45, 2.75) is 18.6 Å². The molecule has 0 aromatic carbocycles. The van der Waals surface area contributed by atoms with Gasteiger partial charge in [0.05, 0.1) is 0 Å². The van der Waals surface area contributed by atoms with E-state index >= 15 is 0 Å². The maximum Gasteiger partial charge on any atom is 0.170 e. The minimum absolute atomic E-state index is 0.403. The lowest BCUT2D eigenvalue weighted by atomic mass is 10.0. The third kappa shape index (κ3) is 2.34. The van der Waals surface area contributed by atoms with Gasteiger partial charge in [0.1, 0.15) is 0 Å². The first kappa shape index (κ1) is 11.7. The Balaban J connectivity index is 2.48. The molecule has 1 saturated heterocycles. The fourth-order valence-electron chi connectivity index (χ4n) is 1.70. The fourth-order valence-corrected chi connectivity index (χ4v) is 1.88. The highest BCUT2D eigenvalue weighted by atomic mass is 32.1. The Morgan fingerprint density at radius 1 is 1.29 bits per heavy atom. The van der Waals surface area contributed by atoms with Gasteiger partial charge in [-0.15, -0.1) is 0 Å². The van der Waals surface area contributed by atoms with Crippen molar-refractivity contribution in [2.24, 2.45) is 0 Å². The molecule has 0 spiro atoms. The van der Waals surface area contributed by atoms with E-state index in [0.29, 0.717) is 0 Å². The van der Waals surface area contributed by atoms with Crippen molar-refractivity contribution in [1.82, 2.24) is 10.2 Å². The van der Waals surface area contributed by atoms with Gasteiger partial charge in [-0.1, -0.05) is 0 Å². The molecule has 0 atom stereocenters. The first-order chi connectivity index (χ1) is 6.67. The molecule has 0 saturated carbocycles. The molecule has 0 amide bonds. The van der Waals surface area contributed by atoms with Crippen LogP contribution in [-0.2, 0) is 9.47 Å². The number of rotatable bonds is 2. The molecule has 0 unspecified atom stereocenters. The van der Waals surface area contributed by atoms with Crippen molar-refractivity contribution in [1.29, 1.82) is 0 Å². The molecule has 0 aromatic heterocycles. The summed E-state index contributed by atoms with van der Waals surface area (Å²) >= 11 is 5.16. The van der Waals surface area contributed by atoms with E-state index in [-0.39, 0.29) is 0 Å². The summed E-state index contributed by atoms with van der Waals surface area (Å²) < 4.78 is 10.8. The SMILES string of the molecule is CNC(=S)N1CCC(OC)(OC)CC1. The van der Waals surface area contributed by atoms with Crippen LogP contribution in [0.1, 0.15) is 12.8 Å². The van der Waals surface area contributed by atoms with E-state index in [2.05, 4.69) is 10.2 Å². The first-order valence-corrected chi connectivity index (χ1v) is 5.15. The number of methoxy groups -OCH3 is 2. The maximum atomic E-state index is 5.38. The first-order valence-electron chi connectivity index (χ1n) is 4.74. The van der Waals surface area contributed by atoms with Crippen LogP contribution in [0.4, 0.5) is 0 Å². The summed E-state index contributed by atoms with van der Waals surface area (Å²) in [7, 11) is 5.22. The Hall–Kier alpha value is -0.390. The quantitative estimate of drug-likeness (QED) is 0.541. The molecule has 0 aromatic rings. The topological polar surface area (TPSA) is 33.7 Å². The number of nitrogens with zero attached hydrogens (tertiary/aromatic N) is 1. The maximum absolute atomic E-state index is 5.38. The predicted molar refractivity (Wildman–Crippen MR) is 59.2 cm³/mol. The van der Waals surface area contributed by atoms with Gasteiger partial charge in [-0.3, -0.25) is 0 Å². The van der Waals surface area contributed by atoms with Crippen molar-refractivity contribution in [3.05, 3.63) is 0 Å². The molecule has 1 heterocycles. The minimum Gasteiger partial charge on any atom is -0.366 e. The van der Waals surface area contributed by atoms with Gasteiger partial charge in [-0.05, 0) is 12.2 Å². The van der Waals surface area contributed by atoms with E-state index in [9.17, 15) is 0 Å². The third-order valence-electron chi connectivity index (χ3n) is 2.77. The molecule has 0 bridgehead atoms. The van der Waals surface area contributed by atoms with Crippen LogP contribution in [0.15, 0.2) is 0 Å². The lowest BCUT2D eigenvalue weighted by Crippen LogP contribution is -2.50. The van der Waals surface area contributed by atoms with Crippen LogP contribution < -0.4 is 5.32 Å². The second-order valence-corrected chi connectivity index (χ2v) is 3.75. The van der Waals surface area contributed by atoms with Crippen molar-refractivity contribution in [2.75, 3.05) is 34.4 Å². The summed E-state index contributed by atoms with van der Waals surface area (Å²) in [5, 5.41) is 3.77. The van der Waals surface area contributed by atoms with Crippen molar-refractivity contribution >= 4 is 17.3 Å². The van der Waals surface area contributed by atoms with Crippen LogP contribution in [0.2, 0.25) is 0 Å². The van der Waals surface area contributed by atoms with E-state index in [1.54, 1.807) is 14.2 Å². The van der Waals surface area contributed by atoms with E-state index in [1.165, 1.54) is 0 Å². The molecule has 1 rings (SSSR count). The highest BCUT2D eigenvalue weighted by Crippen LogP contribution is 2.26. The van der Waals surface area contributed by atoms with Gasteiger partial charge in [-0.2, -0.15) is 0 Å². The second-order valence-electron chi connectivity index (χ2n) is 3.36. The third-order valence-corrected chi connectivity index (χ3v) is 3.23. The van der Waals surface area contributed by atoms with Crippen LogP contribution in [0, 0.1) is 0 Å². The van der Waals surface area contributed by atoms with Gasteiger partial charge in [0.25, 0.3) is 0 Å². The monoisotopic (exact) mass is 218 g/mol. The summed E-state index contributed by atoms with van der Waals surface area (Å²) in [6.07, 6.45) is 1.70. The lowest BCUT2D eigenvalue weighted by Gasteiger charge is -2.40. The molecular weight excluding hydrogens is 200 g/mol. The normalized spacial score (nSPS) is 20.6. The van der Waals surface area contributed by atoms with Crippen molar-refractivity contribution < 1.29 is 9.47 Å². The van der Waals surface area contributed by atoms with E-state index in [4.69, 9.17) is 21.7 Å². The molecule has 82 valence electrons. The Kier molecular flexibility index (Phi) is 4.10. The zero-order chi connectivity index (χ0) is 10.6. The average molecular weight is 218 g/mol. The molecular formula is C9H18N2O2S. The summed E-state index contributed by atoms with van der Waals surface area (Å²) in [6, 6.07) is 0. The molecule has 1 aliphatic rings. The number of nitrogens with one attached hydrogen (secondary N) is 1. The summed E-state index contributed by atoms with van der Waals surface area (Å²) in [5.74, 6) is -0.403. The lowest BCUT2D eigenvalue weighted by molar-refractivity contribution is -0.225. The largest absolute Gasteiger partial charge is 0.366 e. The summed E-state index contributed by atoms with van der Waals surface area (Å²) in [4.78, 5) is 2.13.